The standard InChI is InChI=1S/C14H23BrN4/c1-4-10(2)18-5-7-19(8-6-18)14-13(15)11(3)12(16)9-17-14/h9-10H,4-8,16H2,1-3H3. The van der Waals surface area contributed by atoms with Gasteiger partial charge in [-0.15, -0.1) is 0 Å². The average molecular weight is 327 g/mol. The minimum Gasteiger partial charge on any atom is -0.397 e. The van der Waals surface area contributed by atoms with Crippen molar-refractivity contribution in [2.75, 3.05) is 36.8 Å². The highest BCUT2D eigenvalue weighted by atomic mass is 79.9. The molecule has 0 amide bonds. The van der Waals surface area contributed by atoms with Crippen molar-refractivity contribution in [2.24, 2.45) is 0 Å². The lowest BCUT2D eigenvalue weighted by Gasteiger charge is -2.38. The Bertz CT molecular complexity index is 441. The van der Waals surface area contributed by atoms with Crippen molar-refractivity contribution in [3.05, 3.63) is 16.2 Å². The summed E-state index contributed by atoms with van der Waals surface area (Å²) in [6.45, 7) is 10.8. The smallest absolute Gasteiger partial charge is 0.143 e. The monoisotopic (exact) mass is 326 g/mol. The molecule has 2 N–H and O–H groups in total. The molecule has 0 aromatic carbocycles. The van der Waals surface area contributed by atoms with Gasteiger partial charge in [-0.1, -0.05) is 6.92 Å². The normalized spacial score (nSPS) is 18.6. The second-order valence-electron chi connectivity index (χ2n) is 5.26. The fourth-order valence-electron chi connectivity index (χ4n) is 2.43. The topological polar surface area (TPSA) is 45.4 Å². The van der Waals surface area contributed by atoms with E-state index in [1.807, 2.05) is 6.92 Å². The van der Waals surface area contributed by atoms with Gasteiger partial charge in [0.15, 0.2) is 0 Å². The van der Waals surface area contributed by atoms with E-state index in [9.17, 15) is 0 Å². The first-order valence-corrected chi connectivity index (χ1v) is 7.73. The molecule has 2 heterocycles. The van der Waals surface area contributed by atoms with Gasteiger partial charge in [-0.2, -0.15) is 0 Å². The van der Waals surface area contributed by atoms with E-state index in [0.29, 0.717) is 6.04 Å². The molecule has 1 saturated heterocycles. The quantitative estimate of drug-likeness (QED) is 0.927. The first-order chi connectivity index (χ1) is 9.04. The Morgan fingerprint density at radius 1 is 1.37 bits per heavy atom. The molecule has 0 radical (unpaired) electrons. The van der Waals surface area contributed by atoms with E-state index in [1.54, 1.807) is 6.20 Å². The molecule has 4 nitrogen and oxygen atoms in total. The molecule has 2 rings (SSSR count). The van der Waals surface area contributed by atoms with Gasteiger partial charge in [0.25, 0.3) is 0 Å². The maximum absolute atomic E-state index is 5.88. The zero-order chi connectivity index (χ0) is 14.0. The van der Waals surface area contributed by atoms with E-state index >= 15 is 0 Å². The summed E-state index contributed by atoms with van der Waals surface area (Å²) in [4.78, 5) is 9.38. The van der Waals surface area contributed by atoms with Gasteiger partial charge in [0.2, 0.25) is 0 Å². The molecule has 1 fully saturated rings. The molecule has 1 aromatic rings. The van der Waals surface area contributed by atoms with Gasteiger partial charge in [0, 0.05) is 32.2 Å². The summed E-state index contributed by atoms with van der Waals surface area (Å²) in [5, 5.41) is 0. The van der Waals surface area contributed by atoms with Crippen LogP contribution >= 0.6 is 15.9 Å². The summed E-state index contributed by atoms with van der Waals surface area (Å²) in [6, 6.07) is 0.673. The Kier molecular flexibility index (Phi) is 4.68. The Morgan fingerprint density at radius 3 is 2.58 bits per heavy atom. The number of halogens is 1. The van der Waals surface area contributed by atoms with Crippen molar-refractivity contribution in [1.29, 1.82) is 0 Å². The zero-order valence-corrected chi connectivity index (χ0v) is 13.6. The molecule has 0 spiro atoms. The van der Waals surface area contributed by atoms with Crippen LogP contribution in [-0.4, -0.2) is 42.1 Å². The number of nitrogens with zero attached hydrogens (tertiary/aromatic N) is 3. The fourth-order valence-corrected chi connectivity index (χ4v) is 3.01. The van der Waals surface area contributed by atoms with Gasteiger partial charge >= 0.3 is 0 Å². The highest BCUT2D eigenvalue weighted by molar-refractivity contribution is 9.10. The van der Waals surface area contributed by atoms with E-state index in [0.717, 1.165) is 47.7 Å². The lowest BCUT2D eigenvalue weighted by atomic mass is 10.2. The van der Waals surface area contributed by atoms with Crippen LogP contribution in [0.2, 0.25) is 0 Å². The van der Waals surface area contributed by atoms with Gasteiger partial charge < -0.3 is 10.6 Å². The number of anilines is 2. The minimum atomic E-state index is 0.673. The highest BCUT2D eigenvalue weighted by Gasteiger charge is 2.22. The van der Waals surface area contributed by atoms with Crippen molar-refractivity contribution in [3.63, 3.8) is 0 Å². The van der Waals surface area contributed by atoms with E-state index in [2.05, 4.69) is 44.6 Å². The Balaban J connectivity index is 2.08. The van der Waals surface area contributed by atoms with Gasteiger partial charge in [0.1, 0.15) is 5.82 Å². The molecular weight excluding hydrogens is 304 g/mol. The molecule has 1 aromatic heterocycles. The van der Waals surface area contributed by atoms with Crippen LogP contribution in [0.5, 0.6) is 0 Å². The average Bonchev–Trinajstić information content (AvgIpc) is 2.44. The van der Waals surface area contributed by atoms with E-state index in [-0.39, 0.29) is 0 Å². The second-order valence-corrected chi connectivity index (χ2v) is 6.05. The van der Waals surface area contributed by atoms with Crippen molar-refractivity contribution in [2.45, 2.75) is 33.2 Å². The minimum absolute atomic E-state index is 0.673. The lowest BCUT2D eigenvalue weighted by molar-refractivity contribution is 0.192. The van der Waals surface area contributed by atoms with Gasteiger partial charge in [-0.25, -0.2) is 4.98 Å². The molecule has 0 saturated carbocycles. The number of pyridine rings is 1. The van der Waals surface area contributed by atoms with Crippen LogP contribution in [0.1, 0.15) is 25.8 Å². The molecule has 106 valence electrons. The summed E-state index contributed by atoms with van der Waals surface area (Å²) in [5.74, 6) is 1.02. The molecule has 1 unspecified atom stereocenters. The number of nitrogens with two attached hydrogens (primary N) is 1. The fraction of sp³-hybridized carbons (Fsp3) is 0.643. The number of aromatic nitrogens is 1. The van der Waals surface area contributed by atoms with E-state index < -0.39 is 0 Å². The molecule has 1 aliphatic rings. The van der Waals surface area contributed by atoms with Crippen LogP contribution in [-0.2, 0) is 0 Å². The summed E-state index contributed by atoms with van der Waals surface area (Å²) < 4.78 is 1.03. The van der Waals surface area contributed by atoms with Crippen LogP contribution in [0.15, 0.2) is 10.7 Å². The van der Waals surface area contributed by atoms with Crippen molar-refractivity contribution < 1.29 is 0 Å². The number of hydrogen-bond acceptors (Lipinski definition) is 4. The molecule has 1 atom stereocenters. The lowest BCUT2D eigenvalue weighted by Crippen LogP contribution is -2.49. The Morgan fingerprint density at radius 2 is 2.00 bits per heavy atom. The van der Waals surface area contributed by atoms with E-state index in [4.69, 9.17) is 5.73 Å². The molecule has 0 bridgehead atoms. The first-order valence-electron chi connectivity index (χ1n) is 6.94. The van der Waals surface area contributed by atoms with Crippen molar-refractivity contribution in [3.8, 4) is 0 Å². The maximum Gasteiger partial charge on any atom is 0.143 e. The van der Waals surface area contributed by atoms with Crippen LogP contribution in [0.25, 0.3) is 0 Å². The van der Waals surface area contributed by atoms with Gasteiger partial charge in [-0.05, 0) is 41.8 Å². The summed E-state index contributed by atoms with van der Waals surface area (Å²) in [5.41, 5.74) is 7.70. The number of piperazine rings is 1. The Hall–Kier alpha value is -0.810. The Labute approximate surface area is 124 Å². The third-order valence-electron chi connectivity index (χ3n) is 4.11. The molecule has 0 aliphatic carbocycles. The first kappa shape index (κ1) is 14.6. The molecular formula is C14H23BrN4. The summed E-state index contributed by atoms with van der Waals surface area (Å²) in [7, 11) is 0. The zero-order valence-electron chi connectivity index (χ0n) is 12.0. The van der Waals surface area contributed by atoms with E-state index in [1.165, 1.54) is 6.42 Å². The summed E-state index contributed by atoms with van der Waals surface area (Å²) in [6.07, 6.45) is 2.97. The van der Waals surface area contributed by atoms with Crippen LogP contribution in [0.3, 0.4) is 0 Å². The number of rotatable bonds is 3. The SMILES string of the molecule is CCC(C)N1CCN(c2ncc(N)c(C)c2Br)CC1. The number of hydrogen-bond donors (Lipinski definition) is 1. The molecule has 5 heteroatoms. The van der Waals surface area contributed by atoms with Crippen LogP contribution < -0.4 is 10.6 Å². The van der Waals surface area contributed by atoms with Crippen molar-refractivity contribution >= 4 is 27.4 Å². The van der Waals surface area contributed by atoms with Gasteiger partial charge in [-0.3, -0.25) is 4.90 Å². The summed E-state index contributed by atoms with van der Waals surface area (Å²) >= 11 is 3.63. The highest BCUT2D eigenvalue weighted by Crippen LogP contribution is 2.31. The molecule has 19 heavy (non-hydrogen) atoms. The maximum atomic E-state index is 5.88. The predicted molar refractivity (Wildman–Crippen MR) is 84.6 cm³/mol. The second kappa shape index (κ2) is 6.09. The third-order valence-corrected chi connectivity index (χ3v) is 5.06. The molecule has 1 aliphatic heterocycles. The van der Waals surface area contributed by atoms with Crippen molar-refractivity contribution in [1.82, 2.24) is 9.88 Å². The van der Waals surface area contributed by atoms with Crippen LogP contribution in [0, 0.1) is 6.92 Å². The number of nitrogen functional groups attached to an aromatic ring is 1. The predicted octanol–water partition coefficient (Wildman–Crippen LogP) is 2.66. The third kappa shape index (κ3) is 3.03. The van der Waals surface area contributed by atoms with Gasteiger partial charge in [0.05, 0.1) is 16.4 Å². The van der Waals surface area contributed by atoms with Crippen LogP contribution in [0.4, 0.5) is 11.5 Å². The largest absolute Gasteiger partial charge is 0.397 e.